The van der Waals surface area contributed by atoms with E-state index in [1.807, 2.05) is 18.2 Å². The molecule has 0 heterocycles. The van der Waals surface area contributed by atoms with E-state index in [1.165, 1.54) is 0 Å². The average molecular weight is 292 g/mol. The molecular formula is C15H11Cl2NO. The van der Waals surface area contributed by atoms with Gasteiger partial charge in [0.25, 0.3) is 5.91 Å². The fourth-order valence-corrected chi connectivity index (χ4v) is 1.78. The largest absolute Gasteiger partial charge is 0.321 e. The summed E-state index contributed by atoms with van der Waals surface area (Å²) in [6.07, 6.45) is 1.59. The van der Waals surface area contributed by atoms with Gasteiger partial charge in [-0.3, -0.25) is 4.79 Å². The lowest BCUT2D eigenvalue weighted by Crippen LogP contribution is -2.11. The smallest absolute Gasteiger partial charge is 0.267 e. The highest BCUT2D eigenvalue weighted by atomic mass is 35.5. The highest BCUT2D eigenvalue weighted by Gasteiger charge is 2.06. The predicted molar refractivity (Wildman–Crippen MR) is 80.4 cm³/mol. The monoisotopic (exact) mass is 291 g/mol. The SMILES string of the molecule is O=C(Nc1ccccc1)/C(Cl)=C/c1ccc(Cl)cc1. The van der Waals surface area contributed by atoms with Crippen LogP contribution in [0.5, 0.6) is 0 Å². The second-order valence-corrected chi connectivity index (χ2v) is 4.71. The van der Waals surface area contributed by atoms with Crippen molar-refractivity contribution in [3.8, 4) is 0 Å². The maximum atomic E-state index is 11.8. The number of benzene rings is 2. The molecule has 96 valence electrons. The van der Waals surface area contributed by atoms with E-state index in [2.05, 4.69) is 5.32 Å². The van der Waals surface area contributed by atoms with Gasteiger partial charge < -0.3 is 5.32 Å². The summed E-state index contributed by atoms with van der Waals surface area (Å²) in [4.78, 5) is 11.8. The van der Waals surface area contributed by atoms with Gasteiger partial charge in [-0.25, -0.2) is 0 Å². The van der Waals surface area contributed by atoms with E-state index in [-0.39, 0.29) is 10.9 Å². The molecule has 0 radical (unpaired) electrons. The summed E-state index contributed by atoms with van der Waals surface area (Å²) in [5.74, 6) is -0.345. The van der Waals surface area contributed by atoms with Gasteiger partial charge in [0.1, 0.15) is 5.03 Å². The summed E-state index contributed by atoms with van der Waals surface area (Å²) in [5.41, 5.74) is 1.52. The summed E-state index contributed by atoms with van der Waals surface area (Å²) < 4.78 is 0. The number of carbonyl (C=O) groups is 1. The quantitative estimate of drug-likeness (QED) is 0.826. The van der Waals surface area contributed by atoms with E-state index in [1.54, 1.807) is 42.5 Å². The number of anilines is 1. The van der Waals surface area contributed by atoms with E-state index in [0.717, 1.165) is 5.56 Å². The summed E-state index contributed by atoms with van der Waals surface area (Å²) in [7, 11) is 0. The molecule has 0 atom stereocenters. The topological polar surface area (TPSA) is 29.1 Å². The van der Waals surface area contributed by atoms with Crippen LogP contribution in [-0.2, 0) is 4.79 Å². The maximum absolute atomic E-state index is 11.8. The molecule has 1 amide bonds. The molecule has 0 unspecified atom stereocenters. The first-order chi connectivity index (χ1) is 9.15. The molecule has 0 aliphatic rings. The normalized spacial score (nSPS) is 11.2. The van der Waals surface area contributed by atoms with Crippen LogP contribution >= 0.6 is 23.2 Å². The Hall–Kier alpha value is -1.77. The second kappa shape index (κ2) is 6.41. The van der Waals surface area contributed by atoms with Crippen LogP contribution in [0.3, 0.4) is 0 Å². The molecule has 4 heteroatoms. The van der Waals surface area contributed by atoms with Crippen LogP contribution in [-0.4, -0.2) is 5.91 Å². The Balaban J connectivity index is 2.08. The first-order valence-corrected chi connectivity index (χ1v) is 6.40. The number of carbonyl (C=O) groups excluding carboxylic acids is 1. The van der Waals surface area contributed by atoms with Gasteiger partial charge in [-0.2, -0.15) is 0 Å². The molecule has 0 aliphatic carbocycles. The third-order valence-electron chi connectivity index (χ3n) is 2.41. The Morgan fingerprint density at radius 2 is 1.63 bits per heavy atom. The van der Waals surface area contributed by atoms with Crippen LogP contribution in [0.2, 0.25) is 5.02 Å². The summed E-state index contributed by atoms with van der Waals surface area (Å²) in [6, 6.07) is 16.2. The number of amides is 1. The fraction of sp³-hybridized carbons (Fsp3) is 0. The zero-order valence-corrected chi connectivity index (χ0v) is 11.4. The van der Waals surface area contributed by atoms with Gasteiger partial charge in [0.2, 0.25) is 0 Å². The summed E-state index contributed by atoms with van der Waals surface area (Å²) in [5, 5.41) is 3.47. The van der Waals surface area contributed by atoms with Crippen LogP contribution in [0.1, 0.15) is 5.56 Å². The highest BCUT2D eigenvalue weighted by Crippen LogP contribution is 2.16. The molecular weight excluding hydrogens is 281 g/mol. The van der Waals surface area contributed by atoms with Crippen molar-refractivity contribution >= 4 is 40.9 Å². The van der Waals surface area contributed by atoms with Crippen molar-refractivity contribution in [1.82, 2.24) is 0 Å². The van der Waals surface area contributed by atoms with Crippen molar-refractivity contribution < 1.29 is 4.79 Å². The molecule has 1 N–H and O–H groups in total. The summed E-state index contributed by atoms with van der Waals surface area (Å²) >= 11 is 11.8. The van der Waals surface area contributed by atoms with E-state index >= 15 is 0 Å². The fourth-order valence-electron chi connectivity index (χ4n) is 1.48. The molecule has 0 saturated heterocycles. The van der Waals surface area contributed by atoms with Gasteiger partial charge >= 0.3 is 0 Å². The molecule has 19 heavy (non-hydrogen) atoms. The lowest BCUT2D eigenvalue weighted by atomic mass is 10.2. The first kappa shape index (κ1) is 13.7. The standard InChI is InChI=1S/C15H11Cl2NO/c16-12-8-6-11(7-9-12)10-14(17)15(19)18-13-4-2-1-3-5-13/h1-10H,(H,18,19)/b14-10-. The zero-order chi connectivity index (χ0) is 13.7. The van der Waals surface area contributed by atoms with Crippen LogP contribution < -0.4 is 5.32 Å². The third-order valence-corrected chi connectivity index (χ3v) is 2.94. The molecule has 2 nitrogen and oxygen atoms in total. The van der Waals surface area contributed by atoms with Gasteiger partial charge in [0, 0.05) is 10.7 Å². The Bertz CT molecular complexity index is 591. The molecule has 0 aliphatic heterocycles. The molecule has 2 aromatic rings. The maximum Gasteiger partial charge on any atom is 0.267 e. The van der Waals surface area contributed by atoms with Crippen molar-refractivity contribution in [3.05, 3.63) is 70.2 Å². The Morgan fingerprint density at radius 1 is 1.00 bits per heavy atom. The lowest BCUT2D eigenvalue weighted by Gasteiger charge is -2.03. The van der Waals surface area contributed by atoms with Crippen molar-refractivity contribution in [2.75, 3.05) is 5.32 Å². The van der Waals surface area contributed by atoms with E-state index in [0.29, 0.717) is 10.7 Å². The molecule has 0 saturated carbocycles. The molecule has 0 spiro atoms. The van der Waals surface area contributed by atoms with Gasteiger partial charge in [-0.05, 0) is 35.9 Å². The Kier molecular flexibility index (Phi) is 4.61. The van der Waals surface area contributed by atoms with Gasteiger partial charge in [-0.1, -0.05) is 53.5 Å². The van der Waals surface area contributed by atoms with E-state index in [4.69, 9.17) is 23.2 Å². The lowest BCUT2D eigenvalue weighted by molar-refractivity contribution is -0.112. The molecule has 2 aromatic carbocycles. The van der Waals surface area contributed by atoms with Crippen molar-refractivity contribution in [2.24, 2.45) is 0 Å². The van der Waals surface area contributed by atoms with E-state index < -0.39 is 0 Å². The minimum absolute atomic E-state index is 0.117. The number of hydrogen-bond donors (Lipinski definition) is 1. The van der Waals surface area contributed by atoms with Gasteiger partial charge in [-0.15, -0.1) is 0 Å². The zero-order valence-electron chi connectivity index (χ0n) is 9.94. The molecule has 0 fully saturated rings. The Labute approximate surface area is 121 Å². The van der Waals surface area contributed by atoms with Crippen LogP contribution in [0.15, 0.2) is 59.6 Å². The van der Waals surface area contributed by atoms with Crippen molar-refractivity contribution in [2.45, 2.75) is 0 Å². The number of hydrogen-bond acceptors (Lipinski definition) is 1. The predicted octanol–water partition coefficient (Wildman–Crippen LogP) is 4.56. The van der Waals surface area contributed by atoms with Crippen molar-refractivity contribution in [3.63, 3.8) is 0 Å². The average Bonchev–Trinajstić information content (AvgIpc) is 2.42. The van der Waals surface area contributed by atoms with Crippen LogP contribution in [0.4, 0.5) is 5.69 Å². The number of halogens is 2. The van der Waals surface area contributed by atoms with Crippen LogP contribution in [0, 0.1) is 0 Å². The molecule has 0 aromatic heterocycles. The Morgan fingerprint density at radius 3 is 2.26 bits per heavy atom. The number of para-hydroxylation sites is 1. The second-order valence-electron chi connectivity index (χ2n) is 3.86. The van der Waals surface area contributed by atoms with E-state index in [9.17, 15) is 4.79 Å². The van der Waals surface area contributed by atoms with Gasteiger partial charge in [0.05, 0.1) is 0 Å². The number of rotatable bonds is 3. The third kappa shape index (κ3) is 4.12. The highest BCUT2D eigenvalue weighted by molar-refractivity contribution is 6.45. The summed E-state index contributed by atoms with van der Waals surface area (Å²) in [6.45, 7) is 0. The van der Waals surface area contributed by atoms with Crippen molar-refractivity contribution in [1.29, 1.82) is 0 Å². The van der Waals surface area contributed by atoms with Crippen LogP contribution in [0.25, 0.3) is 6.08 Å². The first-order valence-electron chi connectivity index (χ1n) is 5.64. The molecule has 2 rings (SSSR count). The minimum atomic E-state index is -0.345. The molecule has 0 bridgehead atoms. The number of nitrogens with one attached hydrogen (secondary N) is 1. The minimum Gasteiger partial charge on any atom is -0.321 e. The van der Waals surface area contributed by atoms with Gasteiger partial charge in [0.15, 0.2) is 0 Å².